The van der Waals surface area contributed by atoms with Crippen LogP contribution in [0.5, 0.6) is 0 Å². The molecule has 0 amide bonds. The van der Waals surface area contributed by atoms with Gasteiger partial charge in [-0.05, 0) is 23.8 Å². The Hall–Kier alpha value is -3.35. The number of nitrogens with zero attached hydrogens (tertiary/aromatic N) is 7. The van der Waals surface area contributed by atoms with Crippen molar-refractivity contribution in [3.8, 4) is 16.9 Å². The summed E-state index contributed by atoms with van der Waals surface area (Å²) in [7, 11) is 0. The number of hydrogen-bond acceptors (Lipinski definition) is 5. The average molecular weight is 331 g/mol. The van der Waals surface area contributed by atoms with E-state index in [0.29, 0.717) is 6.54 Å². The van der Waals surface area contributed by atoms with Crippen LogP contribution in [0.2, 0.25) is 0 Å². The molecule has 3 aromatic heterocycles. The van der Waals surface area contributed by atoms with Crippen LogP contribution in [0, 0.1) is 0 Å². The van der Waals surface area contributed by atoms with Crippen LogP contribution in [0.15, 0.2) is 61.3 Å². The third-order valence-corrected chi connectivity index (χ3v) is 3.88. The molecule has 0 spiro atoms. The van der Waals surface area contributed by atoms with E-state index < -0.39 is 0 Å². The highest BCUT2D eigenvalue weighted by molar-refractivity contribution is 5.54. The molecule has 3 heterocycles. The zero-order valence-electron chi connectivity index (χ0n) is 13.8. The Morgan fingerprint density at radius 3 is 2.72 bits per heavy atom. The summed E-state index contributed by atoms with van der Waals surface area (Å²) in [6.07, 6.45) is 10.00. The molecule has 0 atom stereocenters. The molecule has 0 saturated carbocycles. The van der Waals surface area contributed by atoms with E-state index >= 15 is 0 Å². The Bertz CT molecular complexity index is 955. The summed E-state index contributed by atoms with van der Waals surface area (Å²) in [5.41, 5.74) is 3.79. The van der Waals surface area contributed by atoms with E-state index in [2.05, 4.69) is 37.5 Å². The molecule has 4 rings (SSSR count). The van der Waals surface area contributed by atoms with Gasteiger partial charge in [-0.3, -0.25) is 0 Å². The summed E-state index contributed by atoms with van der Waals surface area (Å²) in [4.78, 5) is 8.62. The molecule has 0 unspecified atom stereocenters. The Balaban J connectivity index is 1.54. The number of aryl methyl sites for hydroxylation is 1. The molecule has 0 fully saturated rings. The highest BCUT2D eigenvalue weighted by Gasteiger charge is 2.06. The summed E-state index contributed by atoms with van der Waals surface area (Å²) >= 11 is 0. The van der Waals surface area contributed by atoms with Crippen LogP contribution in [-0.4, -0.2) is 34.7 Å². The van der Waals surface area contributed by atoms with Gasteiger partial charge in [0, 0.05) is 36.8 Å². The predicted molar refractivity (Wildman–Crippen MR) is 93.1 cm³/mol. The molecule has 0 N–H and O–H groups in total. The van der Waals surface area contributed by atoms with Gasteiger partial charge in [-0.25, -0.2) is 19.3 Å². The number of rotatable bonds is 5. The molecule has 124 valence electrons. The standard InChI is InChI=1S/C18H17N7/c1-2-18-19-10-15(11-20-18)17-13-24(23-22-17)12-14-5-3-6-16(9-14)25-8-4-7-21-25/h3-11,13H,2,12H2,1H3. The van der Waals surface area contributed by atoms with Crippen LogP contribution < -0.4 is 0 Å². The minimum atomic E-state index is 0.635. The first kappa shape index (κ1) is 15.2. The van der Waals surface area contributed by atoms with Crippen LogP contribution >= 0.6 is 0 Å². The first-order valence-electron chi connectivity index (χ1n) is 8.12. The predicted octanol–water partition coefficient (Wildman–Crippen LogP) is 2.53. The van der Waals surface area contributed by atoms with Gasteiger partial charge in [-0.1, -0.05) is 24.3 Å². The van der Waals surface area contributed by atoms with E-state index in [9.17, 15) is 0 Å². The Morgan fingerprint density at radius 2 is 1.96 bits per heavy atom. The topological polar surface area (TPSA) is 74.3 Å². The number of benzene rings is 1. The lowest BCUT2D eigenvalue weighted by atomic mass is 10.2. The van der Waals surface area contributed by atoms with Gasteiger partial charge in [0.1, 0.15) is 11.5 Å². The van der Waals surface area contributed by atoms with Gasteiger partial charge in [0.25, 0.3) is 0 Å². The summed E-state index contributed by atoms with van der Waals surface area (Å²) < 4.78 is 3.65. The summed E-state index contributed by atoms with van der Waals surface area (Å²) in [5, 5.41) is 12.7. The molecule has 4 aromatic rings. The Morgan fingerprint density at radius 1 is 1.08 bits per heavy atom. The molecule has 0 aliphatic rings. The van der Waals surface area contributed by atoms with Crippen LogP contribution in [0.1, 0.15) is 18.3 Å². The molecular formula is C18H17N7. The maximum atomic E-state index is 4.31. The summed E-state index contributed by atoms with van der Waals surface area (Å²) in [6, 6.07) is 10.1. The average Bonchev–Trinajstić information content (AvgIpc) is 3.34. The van der Waals surface area contributed by atoms with Crippen molar-refractivity contribution in [2.45, 2.75) is 19.9 Å². The number of aromatic nitrogens is 7. The second kappa shape index (κ2) is 6.64. The Kier molecular flexibility index (Phi) is 4.04. The molecule has 0 aliphatic heterocycles. The molecule has 7 heteroatoms. The fourth-order valence-corrected chi connectivity index (χ4v) is 2.58. The van der Waals surface area contributed by atoms with E-state index in [4.69, 9.17) is 0 Å². The van der Waals surface area contributed by atoms with Crippen LogP contribution in [-0.2, 0) is 13.0 Å². The second-order valence-electron chi connectivity index (χ2n) is 5.66. The fourth-order valence-electron chi connectivity index (χ4n) is 2.58. The highest BCUT2D eigenvalue weighted by Crippen LogP contribution is 2.15. The monoisotopic (exact) mass is 331 g/mol. The molecule has 25 heavy (non-hydrogen) atoms. The highest BCUT2D eigenvalue weighted by atomic mass is 15.4. The molecule has 0 bridgehead atoms. The van der Waals surface area contributed by atoms with Gasteiger partial charge in [-0.2, -0.15) is 5.10 Å². The summed E-state index contributed by atoms with van der Waals surface area (Å²) in [6.45, 7) is 2.67. The maximum absolute atomic E-state index is 4.31. The van der Waals surface area contributed by atoms with Gasteiger partial charge in [0.15, 0.2) is 0 Å². The first-order valence-corrected chi connectivity index (χ1v) is 8.12. The number of hydrogen-bond donors (Lipinski definition) is 0. The van der Waals surface area contributed by atoms with Crippen molar-refractivity contribution in [1.29, 1.82) is 0 Å². The molecule has 0 saturated heterocycles. The van der Waals surface area contributed by atoms with Crippen LogP contribution in [0.4, 0.5) is 0 Å². The second-order valence-corrected chi connectivity index (χ2v) is 5.66. The van der Waals surface area contributed by atoms with Crippen molar-refractivity contribution in [3.63, 3.8) is 0 Å². The summed E-state index contributed by atoms with van der Waals surface area (Å²) in [5.74, 6) is 0.826. The van der Waals surface area contributed by atoms with E-state index in [-0.39, 0.29) is 0 Å². The Labute approximate surface area is 145 Å². The van der Waals surface area contributed by atoms with Crippen molar-refractivity contribution in [3.05, 3.63) is 72.7 Å². The maximum Gasteiger partial charge on any atom is 0.127 e. The molecule has 0 aliphatic carbocycles. The first-order chi connectivity index (χ1) is 12.3. The van der Waals surface area contributed by atoms with Crippen molar-refractivity contribution >= 4 is 0 Å². The normalized spacial score (nSPS) is 10.9. The lowest BCUT2D eigenvalue weighted by molar-refractivity contribution is 0.649. The minimum Gasteiger partial charge on any atom is -0.247 e. The zero-order chi connectivity index (χ0) is 17.1. The van der Waals surface area contributed by atoms with E-state index in [0.717, 1.165) is 34.8 Å². The van der Waals surface area contributed by atoms with E-state index in [1.54, 1.807) is 18.6 Å². The van der Waals surface area contributed by atoms with Crippen molar-refractivity contribution in [1.82, 2.24) is 34.7 Å². The lowest BCUT2D eigenvalue weighted by Gasteiger charge is -2.05. The van der Waals surface area contributed by atoms with Crippen LogP contribution in [0.25, 0.3) is 16.9 Å². The smallest absolute Gasteiger partial charge is 0.127 e. The van der Waals surface area contributed by atoms with Crippen molar-refractivity contribution < 1.29 is 0 Å². The van der Waals surface area contributed by atoms with Crippen molar-refractivity contribution in [2.75, 3.05) is 0 Å². The SMILES string of the molecule is CCc1ncc(-c2cn(Cc3cccc(-n4cccn4)c3)nn2)cn1. The zero-order valence-corrected chi connectivity index (χ0v) is 13.8. The van der Waals surface area contributed by atoms with Gasteiger partial charge in [0.2, 0.25) is 0 Å². The van der Waals surface area contributed by atoms with E-state index in [1.165, 1.54) is 0 Å². The minimum absolute atomic E-state index is 0.635. The van der Waals surface area contributed by atoms with Crippen LogP contribution in [0.3, 0.4) is 0 Å². The van der Waals surface area contributed by atoms with E-state index in [1.807, 2.05) is 46.9 Å². The third kappa shape index (κ3) is 3.30. The molecule has 1 aromatic carbocycles. The van der Waals surface area contributed by atoms with Crippen molar-refractivity contribution in [2.24, 2.45) is 0 Å². The molecule has 0 radical (unpaired) electrons. The van der Waals surface area contributed by atoms with Gasteiger partial charge < -0.3 is 0 Å². The third-order valence-electron chi connectivity index (χ3n) is 3.88. The fraction of sp³-hybridized carbons (Fsp3) is 0.167. The largest absolute Gasteiger partial charge is 0.247 e. The van der Waals surface area contributed by atoms with Gasteiger partial charge >= 0.3 is 0 Å². The quantitative estimate of drug-likeness (QED) is 0.562. The van der Waals surface area contributed by atoms with Gasteiger partial charge in [0.05, 0.1) is 18.4 Å². The van der Waals surface area contributed by atoms with Gasteiger partial charge in [-0.15, -0.1) is 5.10 Å². The molecular weight excluding hydrogens is 314 g/mol. The lowest BCUT2D eigenvalue weighted by Crippen LogP contribution is -2.02. The molecule has 7 nitrogen and oxygen atoms in total.